The van der Waals surface area contributed by atoms with Crippen molar-refractivity contribution in [2.45, 2.75) is 36.1 Å². The average Bonchev–Trinajstić information content (AvgIpc) is 2.87. The second-order valence-electron chi connectivity index (χ2n) is 5.16. The van der Waals surface area contributed by atoms with Gasteiger partial charge in [0.05, 0.1) is 19.2 Å². The molecule has 20 heavy (non-hydrogen) atoms. The van der Waals surface area contributed by atoms with Gasteiger partial charge in [0, 0.05) is 6.20 Å². The van der Waals surface area contributed by atoms with Crippen LogP contribution in [0.1, 0.15) is 13.3 Å². The number of aromatic nitrogens is 3. The lowest BCUT2D eigenvalue weighted by atomic mass is 9.96. The fourth-order valence-corrected chi connectivity index (χ4v) is 5.29. The van der Waals surface area contributed by atoms with E-state index < -0.39 is 37.9 Å². The number of fused-ring (bicyclic) bond motifs is 1. The number of rotatable bonds is 3. The van der Waals surface area contributed by atoms with Crippen molar-refractivity contribution in [1.29, 1.82) is 0 Å². The number of carboxylic acid groups (broad SMARTS) is 1. The lowest BCUT2D eigenvalue weighted by Crippen LogP contribution is -2.58. The van der Waals surface area contributed by atoms with Gasteiger partial charge in [0.15, 0.2) is 15.9 Å². The van der Waals surface area contributed by atoms with E-state index in [1.54, 1.807) is 0 Å². The van der Waals surface area contributed by atoms with Crippen molar-refractivity contribution in [1.82, 2.24) is 19.9 Å². The molecule has 3 heterocycles. The predicted octanol–water partition coefficient (Wildman–Crippen LogP) is -1.52. The monoisotopic (exact) mass is 300 g/mol. The molecule has 1 aromatic rings. The van der Waals surface area contributed by atoms with Crippen molar-refractivity contribution in [2.24, 2.45) is 0 Å². The van der Waals surface area contributed by atoms with Crippen molar-refractivity contribution in [2.75, 3.05) is 0 Å². The average molecular weight is 300 g/mol. The van der Waals surface area contributed by atoms with Crippen LogP contribution in [0.25, 0.3) is 0 Å². The van der Waals surface area contributed by atoms with Gasteiger partial charge in [-0.05, 0) is 6.92 Å². The highest BCUT2D eigenvalue weighted by Crippen LogP contribution is 2.46. The molecule has 2 saturated heterocycles. The first kappa shape index (κ1) is 13.0. The standard InChI is InChI=1S/C10H12N4O5S/c1-10(5-13-3-2-11-12-13)8(9(16)17)14-6(15)4-7(14)20(10,18)19/h2-3,7-8H,4-5H2,1H3,(H,16,17)/t7-,8+,10+/m0/s1. The number of carboxylic acids is 1. The maximum atomic E-state index is 12.5. The summed E-state index contributed by atoms with van der Waals surface area (Å²) in [7, 11) is -3.80. The molecule has 3 atom stereocenters. The molecular formula is C10H12N4O5S. The first-order valence-corrected chi connectivity index (χ1v) is 7.45. The highest BCUT2D eigenvalue weighted by molar-refractivity contribution is 7.93. The molecule has 1 amide bonds. The van der Waals surface area contributed by atoms with E-state index in [2.05, 4.69) is 10.3 Å². The van der Waals surface area contributed by atoms with Crippen LogP contribution in [0.4, 0.5) is 0 Å². The van der Waals surface area contributed by atoms with Gasteiger partial charge in [-0.15, -0.1) is 5.10 Å². The van der Waals surface area contributed by atoms with E-state index in [-0.39, 0.29) is 13.0 Å². The topological polar surface area (TPSA) is 122 Å². The lowest BCUT2D eigenvalue weighted by Gasteiger charge is -2.35. The van der Waals surface area contributed by atoms with Crippen LogP contribution < -0.4 is 0 Å². The molecule has 0 saturated carbocycles. The molecule has 1 aromatic heterocycles. The van der Waals surface area contributed by atoms with E-state index >= 15 is 0 Å². The summed E-state index contributed by atoms with van der Waals surface area (Å²) in [4.78, 5) is 24.0. The minimum atomic E-state index is -3.80. The second kappa shape index (κ2) is 3.78. The Bertz CT molecular complexity index is 685. The van der Waals surface area contributed by atoms with Gasteiger partial charge in [-0.1, -0.05) is 5.21 Å². The van der Waals surface area contributed by atoms with E-state index in [1.165, 1.54) is 24.0 Å². The summed E-state index contributed by atoms with van der Waals surface area (Å²) >= 11 is 0. The molecule has 2 aliphatic heterocycles. The van der Waals surface area contributed by atoms with Crippen LogP contribution in [0.2, 0.25) is 0 Å². The van der Waals surface area contributed by atoms with Gasteiger partial charge in [0.25, 0.3) is 0 Å². The molecule has 9 nitrogen and oxygen atoms in total. The molecule has 3 rings (SSSR count). The molecular weight excluding hydrogens is 288 g/mol. The van der Waals surface area contributed by atoms with Gasteiger partial charge in [-0.25, -0.2) is 13.2 Å². The van der Waals surface area contributed by atoms with Gasteiger partial charge in [-0.3, -0.25) is 9.48 Å². The number of sulfone groups is 1. The van der Waals surface area contributed by atoms with E-state index in [9.17, 15) is 23.1 Å². The Morgan fingerprint density at radius 1 is 1.60 bits per heavy atom. The molecule has 1 N–H and O–H groups in total. The first-order valence-electron chi connectivity index (χ1n) is 5.90. The van der Waals surface area contributed by atoms with Crippen LogP contribution in [0.5, 0.6) is 0 Å². The Balaban J connectivity index is 2.10. The summed E-state index contributed by atoms with van der Waals surface area (Å²) in [5.74, 6) is -1.78. The maximum Gasteiger partial charge on any atom is 0.328 e. The third-order valence-electron chi connectivity index (χ3n) is 3.99. The second-order valence-corrected chi connectivity index (χ2v) is 7.73. The van der Waals surface area contributed by atoms with Gasteiger partial charge in [0.2, 0.25) is 5.91 Å². The molecule has 2 fully saturated rings. The Hall–Kier alpha value is -1.97. The smallest absolute Gasteiger partial charge is 0.328 e. The molecule has 0 aliphatic carbocycles. The minimum Gasteiger partial charge on any atom is -0.480 e. The molecule has 2 aliphatic rings. The molecule has 0 unspecified atom stereocenters. The zero-order chi connectivity index (χ0) is 14.7. The van der Waals surface area contributed by atoms with Crippen molar-refractivity contribution in [3.63, 3.8) is 0 Å². The van der Waals surface area contributed by atoms with Crippen LogP contribution in [0, 0.1) is 0 Å². The van der Waals surface area contributed by atoms with Crippen LogP contribution in [0.3, 0.4) is 0 Å². The molecule has 108 valence electrons. The van der Waals surface area contributed by atoms with Crippen molar-refractivity contribution < 1.29 is 23.1 Å². The summed E-state index contributed by atoms with van der Waals surface area (Å²) in [5.41, 5.74) is 0. The quantitative estimate of drug-likeness (QED) is 0.672. The fraction of sp³-hybridized carbons (Fsp3) is 0.600. The van der Waals surface area contributed by atoms with E-state index in [0.29, 0.717) is 0 Å². The van der Waals surface area contributed by atoms with Crippen molar-refractivity contribution in [3.8, 4) is 0 Å². The van der Waals surface area contributed by atoms with E-state index in [0.717, 1.165) is 4.90 Å². The van der Waals surface area contributed by atoms with Gasteiger partial charge >= 0.3 is 5.97 Å². The number of hydrogen-bond donors (Lipinski definition) is 1. The Kier molecular flexibility index (Phi) is 2.46. The Morgan fingerprint density at radius 3 is 2.80 bits per heavy atom. The number of amides is 1. The van der Waals surface area contributed by atoms with Crippen LogP contribution in [-0.4, -0.2) is 61.5 Å². The van der Waals surface area contributed by atoms with Crippen molar-refractivity contribution in [3.05, 3.63) is 12.4 Å². The SMILES string of the molecule is C[C@@]1(Cn2ccnn2)[C@@H](C(=O)O)N2C(=O)C[C@@H]2S1(=O)=O. The van der Waals surface area contributed by atoms with Gasteiger partial charge in [0.1, 0.15) is 10.1 Å². The first-order chi connectivity index (χ1) is 9.29. The van der Waals surface area contributed by atoms with Gasteiger partial charge in [-0.2, -0.15) is 0 Å². The number of nitrogens with zero attached hydrogens (tertiary/aromatic N) is 4. The predicted molar refractivity (Wildman–Crippen MR) is 64.0 cm³/mol. The third kappa shape index (κ3) is 1.39. The third-order valence-corrected chi connectivity index (χ3v) is 6.76. The van der Waals surface area contributed by atoms with Crippen LogP contribution in [0.15, 0.2) is 12.4 Å². The number of hydrogen-bond acceptors (Lipinski definition) is 6. The van der Waals surface area contributed by atoms with Gasteiger partial charge < -0.3 is 10.0 Å². The lowest BCUT2D eigenvalue weighted by molar-refractivity contribution is -0.157. The summed E-state index contributed by atoms with van der Waals surface area (Å²) < 4.78 is 24.7. The van der Waals surface area contributed by atoms with E-state index in [4.69, 9.17) is 0 Å². The Morgan fingerprint density at radius 2 is 2.30 bits per heavy atom. The zero-order valence-electron chi connectivity index (χ0n) is 10.5. The number of carbonyl (C=O) groups is 2. The largest absolute Gasteiger partial charge is 0.480 e. The molecule has 0 radical (unpaired) electrons. The fourth-order valence-electron chi connectivity index (χ4n) is 2.93. The minimum absolute atomic E-state index is 0.154. The van der Waals surface area contributed by atoms with Crippen LogP contribution in [-0.2, 0) is 26.0 Å². The normalized spacial score (nSPS) is 34.6. The van der Waals surface area contributed by atoms with Crippen molar-refractivity contribution >= 4 is 21.7 Å². The maximum absolute atomic E-state index is 12.5. The van der Waals surface area contributed by atoms with E-state index in [1.807, 2.05) is 0 Å². The highest BCUT2D eigenvalue weighted by Gasteiger charge is 2.70. The Labute approximate surface area is 114 Å². The summed E-state index contributed by atoms with van der Waals surface area (Å²) in [6.45, 7) is 1.18. The molecule has 0 aromatic carbocycles. The zero-order valence-corrected chi connectivity index (χ0v) is 11.3. The number of aliphatic carboxylic acids is 1. The summed E-state index contributed by atoms with van der Waals surface area (Å²) in [5, 5.41) is 15.6. The highest BCUT2D eigenvalue weighted by atomic mass is 32.2. The number of β-lactam (4-membered cyclic amide) rings is 1. The summed E-state index contributed by atoms with van der Waals surface area (Å²) in [6, 6.07) is -1.40. The molecule has 10 heteroatoms. The van der Waals surface area contributed by atoms with Crippen LogP contribution >= 0.6 is 0 Å². The number of carbonyl (C=O) groups excluding carboxylic acids is 1. The summed E-state index contributed by atoms with van der Waals surface area (Å²) in [6.07, 6.45) is 2.68. The molecule has 0 bridgehead atoms. The molecule has 0 spiro atoms.